The predicted molar refractivity (Wildman–Crippen MR) is 115 cm³/mol. The van der Waals surface area contributed by atoms with E-state index in [9.17, 15) is 9.59 Å². The Kier molecular flexibility index (Phi) is 6.26. The van der Waals surface area contributed by atoms with Crippen molar-refractivity contribution in [1.29, 1.82) is 0 Å². The summed E-state index contributed by atoms with van der Waals surface area (Å²) in [6.45, 7) is 7.99. The van der Waals surface area contributed by atoms with Crippen LogP contribution in [0.5, 0.6) is 5.75 Å². The van der Waals surface area contributed by atoms with Crippen LogP contribution in [0.2, 0.25) is 5.02 Å². The second-order valence-electron chi connectivity index (χ2n) is 7.42. The molecular weight excluding hydrogens is 406 g/mol. The summed E-state index contributed by atoms with van der Waals surface area (Å²) in [6, 6.07) is 6.44. The van der Waals surface area contributed by atoms with Gasteiger partial charge in [-0.15, -0.1) is 0 Å². The molecule has 3 aromatic rings. The Hall–Kier alpha value is -3.13. The van der Waals surface area contributed by atoms with Crippen LogP contribution < -0.4 is 15.6 Å². The molecule has 0 bridgehead atoms. The molecule has 158 valence electrons. The topological polar surface area (TPSA) is 98.1 Å². The number of benzene rings is 1. The molecule has 0 saturated carbocycles. The Labute approximate surface area is 179 Å². The van der Waals surface area contributed by atoms with E-state index in [1.807, 2.05) is 27.7 Å². The molecular formula is C21H24ClN5O3. The van der Waals surface area contributed by atoms with E-state index in [1.165, 1.54) is 19.2 Å². The van der Waals surface area contributed by atoms with Gasteiger partial charge in [0.1, 0.15) is 5.75 Å². The van der Waals surface area contributed by atoms with Crippen molar-refractivity contribution < 1.29 is 14.3 Å². The second-order valence-corrected chi connectivity index (χ2v) is 7.86. The summed E-state index contributed by atoms with van der Waals surface area (Å²) in [5.41, 5.74) is 6.93. The van der Waals surface area contributed by atoms with Crippen molar-refractivity contribution in [2.45, 2.75) is 39.7 Å². The molecule has 30 heavy (non-hydrogen) atoms. The molecule has 0 fully saturated rings. The predicted octanol–water partition coefficient (Wildman–Crippen LogP) is 3.87. The average Bonchev–Trinajstić information content (AvgIpc) is 3.15. The fourth-order valence-corrected chi connectivity index (χ4v) is 3.16. The first kappa shape index (κ1) is 21.6. The highest BCUT2D eigenvalue weighted by Crippen LogP contribution is 2.25. The van der Waals surface area contributed by atoms with Gasteiger partial charge in [0.2, 0.25) is 0 Å². The van der Waals surface area contributed by atoms with Crippen molar-refractivity contribution in [3.63, 3.8) is 0 Å². The number of pyridine rings is 1. The van der Waals surface area contributed by atoms with Crippen LogP contribution in [-0.2, 0) is 0 Å². The molecule has 0 atom stereocenters. The first-order valence-electron chi connectivity index (χ1n) is 9.55. The highest BCUT2D eigenvalue weighted by Gasteiger charge is 2.20. The average molecular weight is 430 g/mol. The Morgan fingerprint density at radius 1 is 1.07 bits per heavy atom. The maximum atomic E-state index is 12.9. The molecule has 3 rings (SSSR count). The summed E-state index contributed by atoms with van der Waals surface area (Å²) in [7, 11) is 1.44. The van der Waals surface area contributed by atoms with Crippen LogP contribution in [0.4, 0.5) is 0 Å². The normalized spacial score (nSPS) is 11.2. The summed E-state index contributed by atoms with van der Waals surface area (Å²) in [5, 5.41) is 5.42. The molecule has 1 aromatic carbocycles. The number of methoxy groups -OCH3 is 1. The van der Waals surface area contributed by atoms with Gasteiger partial charge in [-0.25, -0.2) is 9.67 Å². The van der Waals surface area contributed by atoms with Gasteiger partial charge < -0.3 is 4.74 Å². The molecule has 2 amide bonds. The van der Waals surface area contributed by atoms with Crippen molar-refractivity contribution >= 4 is 34.4 Å². The summed E-state index contributed by atoms with van der Waals surface area (Å²) in [5.74, 6) is -0.566. The quantitative estimate of drug-likeness (QED) is 0.600. The van der Waals surface area contributed by atoms with Crippen LogP contribution in [0.25, 0.3) is 11.0 Å². The van der Waals surface area contributed by atoms with Gasteiger partial charge in [-0.3, -0.25) is 20.4 Å². The minimum atomic E-state index is -0.524. The zero-order valence-electron chi connectivity index (χ0n) is 17.5. The Morgan fingerprint density at radius 3 is 2.33 bits per heavy atom. The summed E-state index contributed by atoms with van der Waals surface area (Å²) in [6.07, 6.45) is 1.62. The minimum absolute atomic E-state index is 0.0883. The first-order chi connectivity index (χ1) is 14.2. The lowest BCUT2D eigenvalue weighted by molar-refractivity contribution is 0.0845. The molecule has 0 radical (unpaired) electrons. The lowest BCUT2D eigenvalue weighted by Gasteiger charge is -2.13. The van der Waals surface area contributed by atoms with Gasteiger partial charge in [-0.1, -0.05) is 25.4 Å². The summed E-state index contributed by atoms with van der Waals surface area (Å²) >= 11 is 5.93. The van der Waals surface area contributed by atoms with Crippen LogP contribution in [0.3, 0.4) is 0 Å². The standard InChI is InChI=1S/C21H24ClN5O3/c1-11(2)17-9-15(16-10-23-27(12(3)4)19(16)24-17)21(29)26-25-20(28)14-7-6-13(22)8-18(14)30-5/h6-12H,1-5H3,(H,25,28)(H,26,29). The molecule has 0 aliphatic carbocycles. The maximum Gasteiger partial charge on any atom is 0.273 e. The number of hydrazine groups is 1. The highest BCUT2D eigenvalue weighted by atomic mass is 35.5. The molecule has 0 aliphatic heterocycles. The molecule has 9 heteroatoms. The third-order valence-corrected chi connectivity index (χ3v) is 4.84. The summed E-state index contributed by atoms with van der Waals surface area (Å²) in [4.78, 5) is 30.1. The number of carbonyl (C=O) groups excluding carboxylic acids is 2. The Bertz CT molecular complexity index is 1110. The SMILES string of the molecule is COc1cc(Cl)ccc1C(=O)NNC(=O)c1cc(C(C)C)nc2c1cnn2C(C)C. The molecule has 0 spiro atoms. The number of nitrogens with zero attached hydrogens (tertiary/aromatic N) is 3. The number of aromatic nitrogens is 3. The zero-order valence-corrected chi connectivity index (χ0v) is 18.2. The van der Waals surface area contributed by atoms with Crippen molar-refractivity contribution in [2.24, 2.45) is 0 Å². The van der Waals surface area contributed by atoms with Gasteiger partial charge in [0.25, 0.3) is 11.8 Å². The number of hydrogen-bond donors (Lipinski definition) is 2. The number of fused-ring (bicyclic) bond motifs is 1. The van der Waals surface area contributed by atoms with Gasteiger partial charge in [-0.2, -0.15) is 5.10 Å². The van der Waals surface area contributed by atoms with E-state index in [0.29, 0.717) is 27.4 Å². The monoisotopic (exact) mass is 429 g/mol. The van der Waals surface area contributed by atoms with Crippen LogP contribution >= 0.6 is 11.6 Å². The number of halogens is 1. The molecule has 2 heterocycles. The number of amides is 2. The molecule has 0 aliphatic rings. The van der Waals surface area contributed by atoms with E-state index in [4.69, 9.17) is 16.3 Å². The fraction of sp³-hybridized carbons (Fsp3) is 0.333. The molecule has 0 unspecified atom stereocenters. The second kappa shape index (κ2) is 8.71. The van der Waals surface area contributed by atoms with Crippen LogP contribution in [0, 0.1) is 0 Å². The van der Waals surface area contributed by atoms with E-state index < -0.39 is 11.8 Å². The van der Waals surface area contributed by atoms with Crippen LogP contribution in [0.1, 0.15) is 66.1 Å². The van der Waals surface area contributed by atoms with E-state index in [-0.39, 0.29) is 17.5 Å². The Morgan fingerprint density at radius 2 is 1.73 bits per heavy atom. The molecule has 0 saturated heterocycles. The van der Waals surface area contributed by atoms with Gasteiger partial charge in [-0.05, 0) is 44.0 Å². The van der Waals surface area contributed by atoms with Crippen molar-refractivity contribution in [2.75, 3.05) is 7.11 Å². The molecule has 8 nitrogen and oxygen atoms in total. The summed E-state index contributed by atoms with van der Waals surface area (Å²) < 4.78 is 6.96. The molecule has 2 aromatic heterocycles. The third kappa shape index (κ3) is 4.23. The maximum absolute atomic E-state index is 12.9. The number of nitrogens with one attached hydrogen (secondary N) is 2. The number of hydrogen-bond acceptors (Lipinski definition) is 5. The number of rotatable bonds is 5. The van der Waals surface area contributed by atoms with Crippen molar-refractivity contribution in [3.05, 3.63) is 52.3 Å². The Balaban J connectivity index is 1.89. The van der Waals surface area contributed by atoms with Gasteiger partial charge in [0.05, 0.1) is 29.8 Å². The number of carbonyl (C=O) groups is 2. The van der Waals surface area contributed by atoms with E-state index in [1.54, 1.807) is 23.0 Å². The van der Waals surface area contributed by atoms with E-state index in [2.05, 4.69) is 20.9 Å². The van der Waals surface area contributed by atoms with Crippen molar-refractivity contribution in [3.8, 4) is 5.75 Å². The first-order valence-corrected chi connectivity index (χ1v) is 9.93. The highest BCUT2D eigenvalue weighted by molar-refractivity contribution is 6.30. The van der Waals surface area contributed by atoms with Crippen LogP contribution in [-0.4, -0.2) is 33.7 Å². The van der Waals surface area contributed by atoms with E-state index >= 15 is 0 Å². The zero-order chi connectivity index (χ0) is 22.0. The lowest BCUT2D eigenvalue weighted by Crippen LogP contribution is -2.41. The molecule has 2 N–H and O–H groups in total. The van der Waals surface area contributed by atoms with Gasteiger partial charge in [0, 0.05) is 16.8 Å². The lowest BCUT2D eigenvalue weighted by atomic mass is 10.1. The van der Waals surface area contributed by atoms with Gasteiger partial charge in [0.15, 0.2) is 5.65 Å². The fourth-order valence-electron chi connectivity index (χ4n) is 3.00. The largest absolute Gasteiger partial charge is 0.496 e. The van der Waals surface area contributed by atoms with E-state index in [0.717, 1.165) is 5.69 Å². The minimum Gasteiger partial charge on any atom is -0.496 e. The van der Waals surface area contributed by atoms with Gasteiger partial charge >= 0.3 is 0 Å². The van der Waals surface area contributed by atoms with Crippen LogP contribution in [0.15, 0.2) is 30.5 Å². The smallest absolute Gasteiger partial charge is 0.273 e. The number of ether oxygens (including phenoxy) is 1. The third-order valence-electron chi connectivity index (χ3n) is 4.61. The van der Waals surface area contributed by atoms with Crippen molar-refractivity contribution in [1.82, 2.24) is 25.6 Å².